The fourth-order valence-electron chi connectivity index (χ4n) is 11.6. The highest BCUT2D eigenvalue weighted by Gasteiger charge is 2.21. The highest BCUT2D eigenvalue weighted by Crippen LogP contribution is 2.44. The van der Waals surface area contributed by atoms with Crippen molar-refractivity contribution in [3.63, 3.8) is 0 Å². The molecule has 2 heteroatoms. The van der Waals surface area contributed by atoms with E-state index in [1.807, 2.05) is 6.21 Å². The van der Waals surface area contributed by atoms with E-state index in [0.29, 0.717) is 5.92 Å². The van der Waals surface area contributed by atoms with E-state index in [2.05, 4.69) is 245 Å². The maximum Gasteiger partial charge on any atom is 0.142 e. The number of benzene rings is 10. The maximum absolute atomic E-state index is 6.51. The molecule has 1 atom stereocenters. The first-order valence-electron chi connectivity index (χ1n) is 26.2. The number of furan rings is 1. The Hall–Kier alpha value is -8.85. The number of hydrogen-bond acceptors (Lipinski definition) is 2. The van der Waals surface area contributed by atoms with Gasteiger partial charge in [-0.1, -0.05) is 233 Å². The molecule has 10 aromatic carbocycles. The van der Waals surface area contributed by atoms with Gasteiger partial charge in [-0.05, 0) is 142 Å². The van der Waals surface area contributed by atoms with Gasteiger partial charge in [0.15, 0.2) is 0 Å². The summed E-state index contributed by atoms with van der Waals surface area (Å²) in [6.45, 7) is 9.16. The summed E-state index contributed by atoms with van der Waals surface area (Å²) in [6, 6.07) is 69.0. The van der Waals surface area contributed by atoms with Crippen LogP contribution in [0.5, 0.6) is 0 Å². The van der Waals surface area contributed by atoms with Crippen LogP contribution in [0.4, 0.5) is 5.69 Å². The van der Waals surface area contributed by atoms with Gasteiger partial charge in [0.05, 0.1) is 5.69 Å². The minimum atomic E-state index is 0.488. The van der Waals surface area contributed by atoms with Gasteiger partial charge in [-0.2, -0.15) is 0 Å². The lowest BCUT2D eigenvalue weighted by Gasteiger charge is -2.18. The first-order valence-corrected chi connectivity index (χ1v) is 26.2. The molecular formula is C72H55NO. The summed E-state index contributed by atoms with van der Waals surface area (Å²) in [5, 5.41) is 8.52. The summed E-state index contributed by atoms with van der Waals surface area (Å²) in [5.41, 5.74) is 20.8. The summed E-state index contributed by atoms with van der Waals surface area (Å²) in [7, 11) is 0. The highest BCUT2D eigenvalue weighted by atomic mass is 16.3. The van der Waals surface area contributed by atoms with E-state index in [1.54, 1.807) is 0 Å². The van der Waals surface area contributed by atoms with E-state index in [9.17, 15) is 0 Å². The molecule has 2 nitrogen and oxygen atoms in total. The molecule has 0 bridgehead atoms. The van der Waals surface area contributed by atoms with Crippen molar-refractivity contribution in [3.05, 3.63) is 253 Å². The van der Waals surface area contributed by atoms with Gasteiger partial charge >= 0.3 is 0 Å². The van der Waals surface area contributed by atoms with E-state index in [0.717, 1.165) is 81.5 Å². The summed E-state index contributed by atoms with van der Waals surface area (Å²) >= 11 is 0. The van der Waals surface area contributed by atoms with E-state index in [-0.39, 0.29) is 0 Å². The van der Waals surface area contributed by atoms with E-state index < -0.39 is 0 Å². The molecule has 0 N–H and O–H groups in total. The highest BCUT2D eigenvalue weighted by molar-refractivity contribution is 6.18. The van der Waals surface area contributed by atoms with Crippen molar-refractivity contribution >= 4 is 72.9 Å². The second-order valence-electron chi connectivity index (χ2n) is 20.2. The van der Waals surface area contributed by atoms with Gasteiger partial charge < -0.3 is 4.42 Å². The van der Waals surface area contributed by atoms with Crippen LogP contribution in [-0.4, -0.2) is 6.21 Å². The Balaban J connectivity index is 0.840. The van der Waals surface area contributed by atoms with Crippen molar-refractivity contribution in [2.75, 3.05) is 0 Å². The van der Waals surface area contributed by atoms with Crippen LogP contribution in [0.1, 0.15) is 53.8 Å². The number of hydrogen-bond donors (Lipinski definition) is 0. The molecule has 0 fully saturated rings. The molecule has 0 amide bonds. The Bertz CT molecular complexity index is 4150. The quantitative estimate of drug-likeness (QED) is 0.0991. The first-order chi connectivity index (χ1) is 36.5. The Labute approximate surface area is 433 Å². The van der Waals surface area contributed by atoms with E-state index in [1.165, 1.54) is 88.0 Å². The van der Waals surface area contributed by atoms with Gasteiger partial charge in [-0.3, -0.25) is 4.99 Å². The van der Waals surface area contributed by atoms with Crippen molar-refractivity contribution < 1.29 is 4.42 Å². The molecule has 0 saturated heterocycles. The average Bonchev–Trinajstić information content (AvgIpc) is 3.64. The molecule has 1 unspecified atom stereocenters. The number of fused-ring (bicyclic) bond motifs is 8. The lowest BCUT2D eigenvalue weighted by atomic mass is 9.87. The molecule has 74 heavy (non-hydrogen) atoms. The summed E-state index contributed by atoms with van der Waals surface area (Å²) in [5.74, 6) is 1.58. The third kappa shape index (κ3) is 8.14. The van der Waals surface area contributed by atoms with Crippen LogP contribution in [0.25, 0.3) is 117 Å². The fourth-order valence-corrected chi connectivity index (χ4v) is 11.6. The Morgan fingerprint density at radius 1 is 0.568 bits per heavy atom. The predicted molar refractivity (Wildman–Crippen MR) is 317 cm³/mol. The van der Waals surface area contributed by atoms with Crippen LogP contribution < -0.4 is 0 Å². The second kappa shape index (κ2) is 19.0. The third-order valence-electron chi connectivity index (χ3n) is 15.4. The van der Waals surface area contributed by atoms with Crippen LogP contribution in [0.3, 0.4) is 0 Å². The van der Waals surface area contributed by atoms with Crippen molar-refractivity contribution in [2.45, 2.75) is 39.5 Å². The summed E-state index contributed by atoms with van der Waals surface area (Å²) in [6.07, 6.45) is 19.0. The van der Waals surface area contributed by atoms with Gasteiger partial charge in [0.25, 0.3) is 0 Å². The summed E-state index contributed by atoms with van der Waals surface area (Å²) < 4.78 is 6.51. The number of aryl methyl sites for hydroxylation is 1. The molecule has 13 rings (SSSR count). The normalized spacial score (nSPS) is 14.1. The summed E-state index contributed by atoms with van der Waals surface area (Å²) in [4.78, 5) is 5.52. The van der Waals surface area contributed by atoms with Gasteiger partial charge in [-0.15, -0.1) is 0 Å². The molecule has 1 heterocycles. The minimum absolute atomic E-state index is 0.488. The van der Waals surface area contributed by atoms with Crippen LogP contribution in [-0.2, 0) is 19.3 Å². The van der Waals surface area contributed by atoms with Crippen molar-refractivity contribution in [1.82, 2.24) is 0 Å². The maximum atomic E-state index is 6.51. The topological polar surface area (TPSA) is 25.5 Å². The molecule has 0 aliphatic heterocycles. The van der Waals surface area contributed by atoms with Gasteiger partial charge in [0.2, 0.25) is 0 Å². The van der Waals surface area contributed by atoms with Crippen LogP contribution in [0.15, 0.2) is 228 Å². The third-order valence-corrected chi connectivity index (χ3v) is 15.4. The number of nitrogens with zero attached hydrogens (tertiary/aromatic N) is 1. The van der Waals surface area contributed by atoms with Crippen LogP contribution in [0, 0.1) is 5.92 Å². The largest absolute Gasteiger partial charge is 0.460 e. The van der Waals surface area contributed by atoms with Gasteiger partial charge in [-0.25, -0.2) is 0 Å². The molecule has 2 aliphatic rings. The standard InChI is InChI=1S/C72H55NO/c1-4-14-66-68-43-56(60-23-11-17-51-15-6-5-7-21-58(51)60)36-39-63(68)64-40-37-57(61-24-12-18-52-16-8-9-22-59(52)61)44-69(64)71(66)73-45-47(3)54-19-10-20-55(42-54)50-30-28-48(29-31-50)49-32-34-53(35-33-49)62-25-13-26-67-65-38-27-46(2)41-70(65)74-72(62)67/h5-13,15-20,22-40,42-46H,3-4,14,21,41H2,1-2H3. The van der Waals surface area contributed by atoms with Crippen LogP contribution >= 0.6 is 0 Å². The van der Waals surface area contributed by atoms with Crippen molar-refractivity contribution in [2.24, 2.45) is 10.9 Å². The first kappa shape index (κ1) is 45.0. The molecule has 0 radical (unpaired) electrons. The number of rotatable bonds is 10. The molecule has 0 saturated carbocycles. The second-order valence-corrected chi connectivity index (χ2v) is 20.2. The molecular weight excluding hydrogens is 895 g/mol. The van der Waals surface area contributed by atoms with Crippen molar-refractivity contribution in [3.8, 4) is 55.6 Å². The smallest absolute Gasteiger partial charge is 0.142 e. The zero-order chi connectivity index (χ0) is 49.7. The zero-order valence-electron chi connectivity index (χ0n) is 41.9. The number of allylic oxidation sites excluding steroid dienone is 5. The SMILES string of the molecule is C=C(C=Nc1c(CCC)c2cc(-c3cccc4c3CC=CC=C4)ccc2c2ccc(-c3cccc4ccccc34)cc12)c1cccc(-c2ccc(-c3ccc(-c4cccc5c6c(oc45)CC(C)C=C6)cc3)cc2)c1. The number of aliphatic imine (C=N–C) groups is 1. The lowest BCUT2D eigenvalue weighted by Crippen LogP contribution is -2.00. The van der Waals surface area contributed by atoms with Crippen molar-refractivity contribution in [1.29, 1.82) is 0 Å². The molecule has 1 aromatic heterocycles. The zero-order valence-corrected chi connectivity index (χ0v) is 41.9. The molecule has 11 aromatic rings. The van der Waals surface area contributed by atoms with Gasteiger partial charge in [0.1, 0.15) is 11.3 Å². The van der Waals surface area contributed by atoms with Crippen LogP contribution in [0.2, 0.25) is 0 Å². The molecule has 0 spiro atoms. The number of para-hydroxylation sites is 1. The van der Waals surface area contributed by atoms with E-state index >= 15 is 0 Å². The lowest BCUT2D eigenvalue weighted by molar-refractivity contribution is 0.514. The Kier molecular flexibility index (Phi) is 11.5. The minimum Gasteiger partial charge on any atom is -0.460 e. The van der Waals surface area contributed by atoms with E-state index in [4.69, 9.17) is 9.41 Å². The predicted octanol–water partition coefficient (Wildman–Crippen LogP) is 19.9. The Morgan fingerprint density at radius 2 is 1.22 bits per heavy atom. The van der Waals surface area contributed by atoms with Gasteiger partial charge in [0, 0.05) is 34.5 Å². The molecule has 354 valence electrons. The average molecular weight is 950 g/mol. The molecule has 2 aliphatic carbocycles. The Morgan fingerprint density at radius 3 is 2.04 bits per heavy atom. The monoisotopic (exact) mass is 949 g/mol. The fraction of sp³-hybridized carbons (Fsp3) is 0.0972.